The molecule has 10 heteroatoms. The SMILES string of the molecule is COC(=O)c1cc(C(=O)Nc2nc3ccc(Cl)cc3s2)cc([N+](=O)[O-])c1. The molecule has 1 N–H and O–H groups in total. The van der Waals surface area contributed by atoms with Crippen LogP contribution in [0.5, 0.6) is 0 Å². The number of nitro groups is 1. The van der Waals surface area contributed by atoms with E-state index in [0.29, 0.717) is 15.7 Å². The Morgan fingerprint density at radius 2 is 1.96 bits per heavy atom. The molecule has 0 fully saturated rings. The van der Waals surface area contributed by atoms with E-state index < -0.39 is 22.5 Å². The summed E-state index contributed by atoms with van der Waals surface area (Å²) in [6, 6.07) is 8.45. The van der Waals surface area contributed by atoms with Crippen LogP contribution in [0.15, 0.2) is 36.4 Å². The summed E-state index contributed by atoms with van der Waals surface area (Å²) in [6.07, 6.45) is 0. The summed E-state index contributed by atoms with van der Waals surface area (Å²) in [5.41, 5.74) is 0.109. The third-order valence-corrected chi connectivity index (χ3v) is 4.55. The number of anilines is 1. The van der Waals surface area contributed by atoms with Gasteiger partial charge in [-0.2, -0.15) is 0 Å². The van der Waals surface area contributed by atoms with Crippen LogP contribution >= 0.6 is 22.9 Å². The molecule has 0 saturated heterocycles. The summed E-state index contributed by atoms with van der Waals surface area (Å²) in [6.45, 7) is 0. The maximum Gasteiger partial charge on any atom is 0.338 e. The van der Waals surface area contributed by atoms with Crippen molar-refractivity contribution >= 4 is 55.8 Å². The van der Waals surface area contributed by atoms with E-state index in [2.05, 4.69) is 15.0 Å². The lowest BCUT2D eigenvalue weighted by molar-refractivity contribution is -0.384. The lowest BCUT2D eigenvalue weighted by Crippen LogP contribution is -2.13. The predicted molar refractivity (Wildman–Crippen MR) is 97.0 cm³/mol. The number of rotatable bonds is 4. The monoisotopic (exact) mass is 391 g/mol. The maximum atomic E-state index is 12.5. The molecule has 3 aromatic rings. The number of nitrogens with zero attached hydrogens (tertiary/aromatic N) is 2. The molecule has 132 valence electrons. The number of carbonyl (C=O) groups is 2. The number of methoxy groups -OCH3 is 1. The molecule has 0 atom stereocenters. The number of esters is 1. The fourth-order valence-electron chi connectivity index (χ4n) is 2.20. The molecule has 0 unspecified atom stereocenters. The van der Waals surface area contributed by atoms with Crippen LogP contribution in [-0.4, -0.2) is 28.9 Å². The van der Waals surface area contributed by atoms with Crippen molar-refractivity contribution < 1.29 is 19.2 Å². The molecule has 26 heavy (non-hydrogen) atoms. The first kappa shape index (κ1) is 17.8. The highest BCUT2D eigenvalue weighted by Gasteiger charge is 2.19. The van der Waals surface area contributed by atoms with Gasteiger partial charge in [0, 0.05) is 22.7 Å². The highest BCUT2D eigenvalue weighted by atomic mass is 35.5. The van der Waals surface area contributed by atoms with E-state index in [4.69, 9.17) is 11.6 Å². The van der Waals surface area contributed by atoms with Crippen LogP contribution in [0.1, 0.15) is 20.7 Å². The zero-order chi connectivity index (χ0) is 18.8. The van der Waals surface area contributed by atoms with Crippen molar-refractivity contribution in [1.82, 2.24) is 4.98 Å². The molecular formula is C16H10ClN3O5S. The standard InChI is InChI=1S/C16H10ClN3O5S/c1-25-15(22)9-4-8(5-11(6-9)20(23)24)14(21)19-16-18-12-3-2-10(17)7-13(12)26-16/h2-7H,1H3,(H,18,19,21). The van der Waals surface area contributed by atoms with E-state index in [1.807, 2.05) is 0 Å². The zero-order valence-corrected chi connectivity index (χ0v) is 14.8. The van der Waals surface area contributed by atoms with Gasteiger partial charge in [0.05, 0.1) is 27.8 Å². The van der Waals surface area contributed by atoms with Gasteiger partial charge in [-0.25, -0.2) is 9.78 Å². The Morgan fingerprint density at radius 1 is 1.23 bits per heavy atom. The maximum absolute atomic E-state index is 12.5. The van der Waals surface area contributed by atoms with E-state index >= 15 is 0 Å². The van der Waals surface area contributed by atoms with Gasteiger partial charge in [0.15, 0.2) is 5.13 Å². The molecule has 2 aromatic carbocycles. The molecule has 0 aliphatic rings. The van der Waals surface area contributed by atoms with Gasteiger partial charge in [-0.15, -0.1) is 0 Å². The molecule has 0 bridgehead atoms. The second-order valence-corrected chi connectivity index (χ2v) is 6.57. The second kappa shape index (κ2) is 7.06. The largest absolute Gasteiger partial charge is 0.465 e. The van der Waals surface area contributed by atoms with Crippen molar-refractivity contribution in [2.75, 3.05) is 12.4 Å². The number of nitro benzene ring substituents is 1. The van der Waals surface area contributed by atoms with Crippen molar-refractivity contribution in [2.45, 2.75) is 0 Å². The number of fused-ring (bicyclic) bond motifs is 1. The van der Waals surface area contributed by atoms with Gasteiger partial charge in [-0.05, 0) is 24.3 Å². The van der Waals surface area contributed by atoms with Crippen molar-refractivity contribution in [3.05, 3.63) is 62.7 Å². The van der Waals surface area contributed by atoms with E-state index in [0.717, 1.165) is 23.9 Å². The Kier molecular flexibility index (Phi) is 4.83. The number of halogens is 1. The Hall–Kier alpha value is -3.04. The van der Waals surface area contributed by atoms with Gasteiger partial charge in [-0.3, -0.25) is 20.2 Å². The normalized spacial score (nSPS) is 10.5. The average molecular weight is 392 g/mol. The first-order valence-corrected chi connectivity index (χ1v) is 8.32. The number of carbonyl (C=O) groups excluding carboxylic acids is 2. The molecule has 0 aliphatic heterocycles. The number of ether oxygens (including phenoxy) is 1. The number of non-ortho nitro benzene ring substituents is 1. The lowest BCUT2D eigenvalue weighted by atomic mass is 10.1. The molecule has 3 rings (SSSR count). The summed E-state index contributed by atoms with van der Waals surface area (Å²) in [7, 11) is 1.15. The minimum absolute atomic E-state index is 0.0584. The van der Waals surface area contributed by atoms with E-state index in [1.54, 1.807) is 18.2 Å². The zero-order valence-electron chi connectivity index (χ0n) is 13.2. The lowest BCUT2D eigenvalue weighted by Gasteiger charge is -2.05. The van der Waals surface area contributed by atoms with Gasteiger partial charge >= 0.3 is 5.97 Å². The molecule has 0 radical (unpaired) electrons. The quantitative estimate of drug-likeness (QED) is 0.410. The first-order valence-electron chi connectivity index (χ1n) is 7.12. The summed E-state index contributed by atoms with van der Waals surface area (Å²) in [5, 5.41) is 14.5. The smallest absolute Gasteiger partial charge is 0.338 e. The highest BCUT2D eigenvalue weighted by molar-refractivity contribution is 7.22. The number of hydrogen-bond donors (Lipinski definition) is 1. The van der Waals surface area contributed by atoms with Crippen LogP contribution in [0.2, 0.25) is 5.02 Å². The molecule has 1 aromatic heterocycles. The third kappa shape index (κ3) is 3.63. The number of thiazole rings is 1. The molecule has 1 amide bonds. The van der Waals surface area contributed by atoms with Crippen molar-refractivity contribution in [1.29, 1.82) is 0 Å². The van der Waals surface area contributed by atoms with Gasteiger partial charge in [0.25, 0.3) is 11.6 Å². The van der Waals surface area contributed by atoms with E-state index in [9.17, 15) is 19.7 Å². The molecular weight excluding hydrogens is 382 g/mol. The fraction of sp³-hybridized carbons (Fsp3) is 0.0625. The van der Waals surface area contributed by atoms with Gasteiger partial charge < -0.3 is 4.74 Å². The summed E-state index contributed by atoms with van der Waals surface area (Å²) < 4.78 is 5.34. The van der Waals surface area contributed by atoms with Crippen LogP contribution in [0, 0.1) is 10.1 Å². The number of aromatic nitrogens is 1. The van der Waals surface area contributed by atoms with Crippen LogP contribution < -0.4 is 5.32 Å². The predicted octanol–water partition coefficient (Wildman–Crippen LogP) is 3.90. The Balaban J connectivity index is 1.93. The van der Waals surface area contributed by atoms with Gasteiger partial charge in [0.2, 0.25) is 0 Å². The van der Waals surface area contributed by atoms with Crippen LogP contribution in [0.4, 0.5) is 10.8 Å². The van der Waals surface area contributed by atoms with E-state index in [-0.39, 0.29) is 11.1 Å². The summed E-state index contributed by atoms with van der Waals surface area (Å²) in [4.78, 5) is 38.7. The van der Waals surface area contributed by atoms with E-state index in [1.165, 1.54) is 17.4 Å². The molecule has 0 spiro atoms. The second-order valence-electron chi connectivity index (χ2n) is 5.10. The van der Waals surface area contributed by atoms with Gasteiger partial charge in [-0.1, -0.05) is 22.9 Å². The summed E-state index contributed by atoms with van der Waals surface area (Å²) in [5.74, 6) is -1.42. The number of amides is 1. The van der Waals surface area contributed by atoms with Gasteiger partial charge in [0.1, 0.15) is 0 Å². The van der Waals surface area contributed by atoms with Crippen molar-refractivity contribution in [3.63, 3.8) is 0 Å². The van der Waals surface area contributed by atoms with Crippen LogP contribution in [0.25, 0.3) is 10.2 Å². The van der Waals surface area contributed by atoms with Crippen molar-refractivity contribution in [2.24, 2.45) is 0 Å². The Morgan fingerprint density at radius 3 is 2.65 bits per heavy atom. The Bertz CT molecular complexity index is 1050. The highest BCUT2D eigenvalue weighted by Crippen LogP contribution is 2.29. The molecule has 8 nitrogen and oxygen atoms in total. The minimum atomic E-state index is -0.780. The molecule has 0 aliphatic carbocycles. The topological polar surface area (TPSA) is 111 Å². The number of hydrogen-bond acceptors (Lipinski definition) is 7. The molecule has 0 saturated carbocycles. The third-order valence-electron chi connectivity index (χ3n) is 3.38. The van der Waals surface area contributed by atoms with Crippen LogP contribution in [0.3, 0.4) is 0 Å². The number of benzene rings is 2. The number of nitrogens with one attached hydrogen (secondary N) is 1. The van der Waals surface area contributed by atoms with Crippen LogP contribution in [-0.2, 0) is 4.74 Å². The van der Waals surface area contributed by atoms with Crippen molar-refractivity contribution in [3.8, 4) is 0 Å². The first-order chi connectivity index (χ1) is 12.4. The minimum Gasteiger partial charge on any atom is -0.465 e. The summed E-state index contributed by atoms with van der Waals surface area (Å²) >= 11 is 7.13. The average Bonchev–Trinajstić information content (AvgIpc) is 3.01. The Labute approximate surface area is 155 Å². The fourth-order valence-corrected chi connectivity index (χ4v) is 3.34. The molecule has 1 heterocycles.